The molecule has 1 aliphatic carbocycles. The van der Waals surface area contributed by atoms with E-state index in [4.69, 9.17) is 5.73 Å². The van der Waals surface area contributed by atoms with Crippen molar-refractivity contribution in [2.75, 3.05) is 0 Å². The van der Waals surface area contributed by atoms with E-state index < -0.39 is 0 Å². The van der Waals surface area contributed by atoms with Gasteiger partial charge in [-0.15, -0.1) is 11.3 Å². The zero-order valence-corrected chi connectivity index (χ0v) is 9.90. The van der Waals surface area contributed by atoms with Gasteiger partial charge in [0.1, 0.15) is 0 Å². The number of halogens is 1. The second-order valence-electron chi connectivity index (χ2n) is 3.76. The van der Waals surface area contributed by atoms with Crippen LogP contribution in [0.25, 0.3) is 0 Å². The Bertz CT molecular complexity index is 280. The van der Waals surface area contributed by atoms with Crippen molar-refractivity contribution >= 4 is 27.3 Å². The molecule has 72 valence electrons. The highest BCUT2D eigenvalue weighted by Gasteiger charge is 2.24. The Hall–Kier alpha value is 0.140. The van der Waals surface area contributed by atoms with Crippen molar-refractivity contribution in [3.63, 3.8) is 0 Å². The van der Waals surface area contributed by atoms with E-state index >= 15 is 0 Å². The van der Waals surface area contributed by atoms with Crippen molar-refractivity contribution in [1.29, 1.82) is 0 Å². The number of nitrogens with two attached hydrogens (primary N) is 1. The third-order valence-electron chi connectivity index (χ3n) is 2.82. The molecule has 1 fully saturated rings. The molecule has 0 radical (unpaired) electrons. The molecule has 1 nitrogen and oxygen atoms in total. The van der Waals surface area contributed by atoms with Crippen molar-refractivity contribution in [2.45, 2.75) is 31.7 Å². The molecule has 0 amide bonds. The summed E-state index contributed by atoms with van der Waals surface area (Å²) in [5, 5.41) is 0. The number of thiophene rings is 1. The topological polar surface area (TPSA) is 26.0 Å². The predicted octanol–water partition coefficient (Wildman–Crippen LogP) is 3.18. The molecular weight excluding hydrogens is 246 g/mol. The SMILES string of the molecule is NC(Cc1ccc(Br)s1)C1CCC1. The second kappa shape index (κ2) is 4.11. The molecule has 1 aromatic rings. The number of hydrogen-bond acceptors (Lipinski definition) is 2. The molecular formula is C10H14BrNS. The minimum absolute atomic E-state index is 0.388. The van der Waals surface area contributed by atoms with Crippen LogP contribution in [0, 0.1) is 5.92 Å². The van der Waals surface area contributed by atoms with Gasteiger partial charge >= 0.3 is 0 Å². The summed E-state index contributed by atoms with van der Waals surface area (Å²) in [6, 6.07) is 4.67. The van der Waals surface area contributed by atoms with Gasteiger partial charge in [-0.1, -0.05) is 6.42 Å². The lowest BCUT2D eigenvalue weighted by Crippen LogP contribution is -2.36. The number of rotatable bonds is 3. The maximum Gasteiger partial charge on any atom is 0.0701 e. The molecule has 1 atom stereocenters. The standard InChI is InChI=1S/C10H14BrNS/c11-10-5-4-8(13-10)6-9(12)7-2-1-3-7/h4-5,7,9H,1-3,6,12H2. The Kier molecular flexibility index (Phi) is 3.06. The summed E-state index contributed by atoms with van der Waals surface area (Å²) in [7, 11) is 0. The fourth-order valence-corrected chi connectivity index (χ4v) is 3.28. The molecule has 0 aromatic carbocycles. The van der Waals surface area contributed by atoms with E-state index in [1.807, 2.05) is 0 Å². The van der Waals surface area contributed by atoms with Crippen molar-refractivity contribution in [2.24, 2.45) is 11.7 Å². The van der Waals surface area contributed by atoms with Crippen LogP contribution in [0.3, 0.4) is 0 Å². The smallest absolute Gasteiger partial charge is 0.0701 e. The first-order chi connectivity index (χ1) is 6.25. The van der Waals surface area contributed by atoms with Gasteiger partial charge in [0.25, 0.3) is 0 Å². The molecule has 13 heavy (non-hydrogen) atoms. The Morgan fingerprint density at radius 3 is 2.77 bits per heavy atom. The van der Waals surface area contributed by atoms with Crippen LogP contribution in [0.1, 0.15) is 24.1 Å². The largest absolute Gasteiger partial charge is 0.327 e. The van der Waals surface area contributed by atoms with Crippen molar-refractivity contribution in [3.05, 3.63) is 20.8 Å². The van der Waals surface area contributed by atoms with Crippen LogP contribution >= 0.6 is 27.3 Å². The van der Waals surface area contributed by atoms with Crippen molar-refractivity contribution in [1.82, 2.24) is 0 Å². The maximum absolute atomic E-state index is 6.11. The first-order valence-corrected chi connectivity index (χ1v) is 6.36. The lowest BCUT2D eigenvalue weighted by Gasteiger charge is -2.30. The fourth-order valence-electron chi connectivity index (χ4n) is 1.73. The van der Waals surface area contributed by atoms with E-state index in [0.29, 0.717) is 6.04 Å². The quantitative estimate of drug-likeness (QED) is 0.887. The van der Waals surface area contributed by atoms with Crippen LogP contribution in [0.4, 0.5) is 0 Å². The van der Waals surface area contributed by atoms with Gasteiger partial charge in [0, 0.05) is 10.9 Å². The van der Waals surface area contributed by atoms with E-state index in [1.54, 1.807) is 11.3 Å². The van der Waals surface area contributed by atoms with E-state index in [1.165, 1.54) is 27.9 Å². The zero-order valence-electron chi connectivity index (χ0n) is 7.50. The molecule has 0 bridgehead atoms. The Morgan fingerprint density at radius 1 is 1.54 bits per heavy atom. The molecule has 1 unspecified atom stereocenters. The Morgan fingerprint density at radius 2 is 2.31 bits per heavy atom. The summed E-state index contributed by atoms with van der Waals surface area (Å²) in [5.41, 5.74) is 6.11. The third kappa shape index (κ3) is 2.33. The first kappa shape index (κ1) is 9.69. The van der Waals surface area contributed by atoms with E-state index in [-0.39, 0.29) is 0 Å². The molecule has 1 saturated carbocycles. The highest BCUT2D eigenvalue weighted by Crippen LogP contribution is 2.31. The molecule has 1 aliphatic rings. The summed E-state index contributed by atoms with van der Waals surface area (Å²) in [5.74, 6) is 0.792. The minimum atomic E-state index is 0.388. The summed E-state index contributed by atoms with van der Waals surface area (Å²) in [6.45, 7) is 0. The van der Waals surface area contributed by atoms with Crippen molar-refractivity contribution in [3.8, 4) is 0 Å². The van der Waals surface area contributed by atoms with Crippen LogP contribution in [0.5, 0.6) is 0 Å². The average Bonchev–Trinajstić information content (AvgIpc) is 2.31. The monoisotopic (exact) mass is 259 g/mol. The van der Waals surface area contributed by atoms with Gasteiger partial charge in [0.2, 0.25) is 0 Å². The van der Waals surface area contributed by atoms with Gasteiger partial charge in [-0.05, 0) is 53.2 Å². The van der Waals surface area contributed by atoms with E-state index in [9.17, 15) is 0 Å². The van der Waals surface area contributed by atoms with Gasteiger partial charge in [0.15, 0.2) is 0 Å². The highest BCUT2D eigenvalue weighted by molar-refractivity contribution is 9.11. The predicted molar refractivity (Wildman–Crippen MR) is 61.0 cm³/mol. The van der Waals surface area contributed by atoms with E-state index in [2.05, 4.69) is 28.1 Å². The summed E-state index contributed by atoms with van der Waals surface area (Å²) in [4.78, 5) is 1.41. The first-order valence-electron chi connectivity index (χ1n) is 4.75. The highest BCUT2D eigenvalue weighted by atomic mass is 79.9. The van der Waals surface area contributed by atoms with Gasteiger partial charge in [0.05, 0.1) is 3.79 Å². The molecule has 3 heteroatoms. The van der Waals surface area contributed by atoms with Crippen LogP contribution in [-0.4, -0.2) is 6.04 Å². The number of hydrogen-bond donors (Lipinski definition) is 1. The van der Waals surface area contributed by atoms with Gasteiger partial charge in [-0.3, -0.25) is 0 Å². The molecule has 0 spiro atoms. The summed E-state index contributed by atoms with van der Waals surface area (Å²) < 4.78 is 1.21. The lowest BCUT2D eigenvalue weighted by molar-refractivity contribution is 0.261. The molecule has 2 rings (SSSR count). The van der Waals surface area contributed by atoms with Crippen LogP contribution in [0.2, 0.25) is 0 Å². The molecule has 1 aromatic heterocycles. The van der Waals surface area contributed by atoms with Crippen LogP contribution in [0.15, 0.2) is 15.9 Å². The van der Waals surface area contributed by atoms with Crippen LogP contribution < -0.4 is 5.73 Å². The third-order valence-corrected chi connectivity index (χ3v) is 4.47. The molecule has 1 heterocycles. The minimum Gasteiger partial charge on any atom is -0.327 e. The Labute approximate surface area is 91.5 Å². The maximum atomic E-state index is 6.11. The Balaban J connectivity index is 1.89. The molecule has 0 aliphatic heterocycles. The van der Waals surface area contributed by atoms with Gasteiger partial charge < -0.3 is 5.73 Å². The van der Waals surface area contributed by atoms with Crippen molar-refractivity contribution < 1.29 is 0 Å². The summed E-state index contributed by atoms with van der Waals surface area (Å²) >= 11 is 5.27. The van der Waals surface area contributed by atoms with Gasteiger partial charge in [-0.25, -0.2) is 0 Å². The second-order valence-corrected chi connectivity index (χ2v) is 6.31. The van der Waals surface area contributed by atoms with E-state index in [0.717, 1.165) is 12.3 Å². The molecule has 2 N–H and O–H groups in total. The van der Waals surface area contributed by atoms with Gasteiger partial charge in [-0.2, -0.15) is 0 Å². The fraction of sp³-hybridized carbons (Fsp3) is 0.600. The zero-order chi connectivity index (χ0) is 9.26. The summed E-state index contributed by atoms with van der Waals surface area (Å²) in [6.07, 6.45) is 5.12. The average molecular weight is 260 g/mol. The normalized spacial score (nSPS) is 19.8. The molecule has 0 saturated heterocycles. The lowest BCUT2D eigenvalue weighted by atomic mass is 9.79. The van der Waals surface area contributed by atoms with Crippen LogP contribution in [-0.2, 0) is 6.42 Å².